The van der Waals surface area contributed by atoms with Crippen LogP contribution in [0.2, 0.25) is 0 Å². The van der Waals surface area contributed by atoms with Gasteiger partial charge in [0.2, 0.25) is 0 Å². The van der Waals surface area contributed by atoms with Gasteiger partial charge in [0.05, 0.1) is 11.7 Å². The summed E-state index contributed by atoms with van der Waals surface area (Å²) in [5.74, 6) is 0. The van der Waals surface area contributed by atoms with Crippen LogP contribution in [0, 0.1) is 0 Å². The van der Waals surface area contributed by atoms with Gasteiger partial charge in [0, 0.05) is 24.0 Å². The summed E-state index contributed by atoms with van der Waals surface area (Å²) in [6.45, 7) is 0.932. The normalized spacial score (nSPS) is 27.9. The van der Waals surface area contributed by atoms with E-state index in [1.807, 2.05) is 11.8 Å². The van der Waals surface area contributed by atoms with Gasteiger partial charge < -0.3 is 5.32 Å². The van der Waals surface area contributed by atoms with E-state index in [1.165, 1.54) is 63.5 Å². The highest BCUT2D eigenvalue weighted by atomic mass is 32.2. The molecule has 0 aromatic carbocycles. The molecule has 2 aliphatic rings. The number of nitrogens with zero attached hydrogens (tertiary/aromatic N) is 2. The molecule has 0 bridgehead atoms. The molecular weight excluding hydrogens is 278 g/mol. The average molecular weight is 308 g/mol. The maximum atomic E-state index is 4.82. The van der Waals surface area contributed by atoms with E-state index < -0.39 is 0 Å². The second-order valence-corrected chi connectivity index (χ2v) is 7.70. The first-order valence-electron chi connectivity index (χ1n) is 8.67. The Morgan fingerprint density at radius 1 is 1.14 bits per heavy atom. The van der Waals surface area contributed by atoms with Crippen LogP contribution in [0.25, 0.3) is 0 Å². The van der Waals surface area contributed by atoms with Gasteiger partial charge in [0.1, 0.15) is 0 Å². The smallest absolute Gasteiger partial charge is 0.0762 e. The quantitative estimate of drug-likeness (QED) is 0.886. The molecule has 0 amide bonds. The zero-order chi connectivity index (χ0) is 14.5. The van der Waals surface area contributed by atoms with Crippen LogP contribution in [0.15, 0.2) is 12.3 Å². The van der Waals surface area contributed by atoms with Crippen molar-refractivity contribution < 1.29 is 0 Å². The van der Waals surface area contributed by atoms with E-state index in [4.69, 9.17) is 5.10 Å². The molecule has 1 aromatic heterocycles. The highest BCUT2D eigenvalue weighted by Crippen LogP contribution is 2.28. The molecule has 1 aromatic rings. The Morgan fingerprint density at radius 2 is 1.90 bits per heavy atom. The van der Waals surface area contributed by atoms with Crippen molar-refractivity contribution in [2.45, 2.75) is 81.7 Å². The summed E-state index contributed by atoms with van der Waals surface area (Å²) in [4.78, 5) is 0. The predicted octanol–water partition coefficient (Wildman–Crippen LogP) is 4.15. The van der Waals surface area contributed by atoms with E-state index in [1.54, 1.807) is 0 Å². The molecule has 3 rings (SSSR count). The number of rotatable bonds is 5. The molecule has 3 nitrogen and oxygen atoms in total. The van der Waals surface area contributed by atoms with Gasteiger partial charge >= 0.3 is 0 Å². The van der Waals surface area contributed by atoms with Gasteiger partial charge in [-0.25, -0.2) is 0 Å². The van der Waals surface area contributed by atoms with Crippen LogP contribution in [-0.2, 0) is 6.54 Å². The predicted molar refractivity (Wildman–Crippen MR) is 90.7 cm³/mol. The maximum Gasteiger partial charge on any atom is 0.0762 e. The van der Waals surface area contributed by atoms with Crippen LogP contribution in [0.5, 0.6) is 0 Å². The summed E-state index contributed by atoms with van der Waals surface area (Å²) in [6, 6.07) is 3.54. The highest BCUT2D eigenvalue weighted by Gasteiger charge is 2.24. The molecule has 118 valence electrons. The van der Waals surface area contributed by atoms with Crippen molar-refractivity contribution in [1.29, 1.82) is 0 Å². The van der Waals surface area contributed by atoms with Crippen molar-refractivity contribution in [3.8, 4) is 0 Å². The molecule has 2 atom stereocenters. The summed E-state index contributed by atoms with van der Waals surface area (Å²) in [5, 5.41) is 9.37. The van der Waals surface area contributed by atoms with Gasteiger partial charge in [-0.2, -0.15) is 16.9 Å². The largest absolute Gasteiger partial charge is 0.307 e. The third-order valence-electron chi connectivity index (χ3n) is 5.16. The first-order chi connectivity index (χ1) is 10.4. The second-order valence-electron chi connectivity index (χ2n) is 6.62. The summed E-state index contributed by atoms with van der Waals surface area (Å²) in [5.41, 5.74) is 1.21. The van der Waals surface area contributed by atoms with Crippen molar-refractivity contribution in [2.75, 3.05) is 6.26 Å². The van der Waals surface area contributed by atoms with Gasteiger partial charge in [-0.3, -0.25) is 4.68 Å². The minimum atomic E-state index is 0.654. The summed E-state index contributed by atoms with van der Waals surface area (Å²) >= 11 is 2.03. The Morgan fingerprint density at radius 3 is 2.71 bits per heavy atom. The van der Waals surface area contributed by atoms with Gasteiger partial charge in [0.15, 0.2) is 0 Å². The van der Waals surface area contributed by atoms with Crippen LogP contribution >= 0.6 is 11.8 Å². The molecule has 2 fully saturated rings. The fraction of sp³-hybridized carbons (Fsp3) is 0.824. The number of nitrogens with one attached hydrogen (secondary N) is 1. The van der Waals surface area contributed by atoms with E-state index in [0.717, 1.165) is 11.8 Å². The van der Waals surface area contributed by atoms with Gasteiger partial charge in [-0.05, 0) is 38.0 Å². The molecule has 0 spiro atoms. The third-order valence-corrected chi connectivity index (χ3v) is 6.33. The molecule has 1 N–H and O–H groups in total. The Hall–Kier alpha value is -0.480. The van der Waals surface area contributed by atoms with Crippen LogP contribution in [-0.4, -0.2) is 27.3 Å². The monoisotopic (exact) mass is 307 g/mol. The zero-order valence-electron chi connectivity index (χ0n) is 13.3. The van der Waals surface area contributed by atoms with E-state index in [0.29, 0.717) is 12.1 Å². The zero-order valence-corrected chi connectivity index (χ0v) is 14.1. The van der Waals surface area contributed by atoms with E-state index >= 15 is 0 Å². The average Bonchev–Trinajstić information content (AvgIpc) is 3.03. The number of aromatic nitrogens is 2. The molecule has 2 aliphatic carbocycles. The lowest BCUT2D eigenvalue weighted by Gasteiger charge is -2.30. The standard InChI is InChI=1S/C17H29N3S/c1-21-17-10-6-5-9-16(17)18-13-14-11-12-20(19-14)15-7-3-2-4-8-15/h11-12,15-18H,2-10,13H2,1H3. The molecular formula is C17H29N3S. The summed E-state index contributed by atoms with van der Waals surface area (Å²) in [6.07, 6.45) is 16.7. The molecule has 0 saturated heterocycles. The van der Waals surface area contributed by atoms with Crippen molar-refractivity contribution in [3.05, 3.63) is 18.0 Å². The molecule has 4 heteroatoms. The van der Waals surface area contributed by atoms with Crippen molar-refractivity contribution in [1.82, 2.24) is 15.1 Å². The first kappa shape index (κ1) is 15.4. The topological polar surface area (TPSA) is 29.9 Å². The SMILES string of the molecule is CSC1CCCCC1NCc1ccn(C2CCCCC2)n1. The van der Waals surface area contributed by atoms with Crippen LogP contribution in [0.3, 0.4) is 0 Å². The van der Waals surface area contributed by atoms with Crippen LogP contribution < -0.4 is 5.32 Å². The van der Waals surface area contributed by atoms with E-state index in [-0.39, 0.29) is 0 Å². The number of hydrogen-bond donors (Lipinski definition) is 1. The molecule has 0 radical (unpaired) electrons. The van der Waals surface area contributed by atoms with Crippen molar-refractivity contribution >= 4 is 11.8 Å². The van der Waals surface area contributed by atoms with E-state index in [9.17, 15) is 0 Å². The Bertz CT molecular complexity index is 425. The second kappa shape index (κ2) is 7.68. The molecule has 21 heavy (non-hydrogen) atoms. The fourth-order valence-corrected chi connectivity index (χ4v) is 4.83. The van der Waals surface area contributed by atoms with Crippen molar-refractivity contribution in [2.24, 2.45) is 0 Å². The molecule has 0 aliphatic heterocycles. The Balaban J connectivity index is 1.52. The van der Waals surface area contributed by atoms with Gasteiger partial charge in [0.25, 0.3) is 0 Å². The van der Waals surface area contributed by atoms with E-state index in [2.05, 4.69) is 28.5 Å². The Kier molecular flexibility index (Phi) is 5.64. The van der Waals surface area contributed by atoms with Gasteiger partial charge in [-0.15, -0.1) is 0 Å². The van der Waals surface area contributed by atoms with Crippen LogP contribution in [0.1, 0.15) is 69.5 Å². The lowest BCUT2D eigenvalue weighted by molar-refractivity contribution is 0.326. The third kappa shape index (κ3) is 4.04. The summed E-state index contributed by atoms with van der Waals surface area (Å²) in [7, 11) is 0. The number of thioether (sulfide) groups is 1. The summed E-state index contributed by atoms with van der Waals surface area (Å²) < 4.78 is 2.23. The lowest BCUT2D eigenvalue weighted by atomic mass is 9.95. The minimum Gasteiger partial charge on any atom is -0.307 e. The number of hydrogen-bond acceptors (Lipinski definition) is 3. The molecule has 1 heterocycles. The van der Waals surface area contributed by atoms with Crippen molar-refractivity contribution in [3.63, 3.8) is 0 Å². The van der Waals surface area contributed by atoms with Crippen LogP contribution in [0.4, 0.5) is 0 Å². The first-order valence-corrected chi connectivity index (χ1v) is 9.96. The molecule has 2 unspecified atom stereocenters. The lowest BCUT2D eigenvalue weighted by Crippen LogP contribution is -2.40. The Labute approximate surface area is 133 Å². The highest BCUT2D eigenvalue weighted by molar-refractivity contribution is 7.99. The van der Waals surface area contributed by atoms with Gasteiger partial charge in [-0.1, -0.05) is 32.1 Å². The minimum absolute atomic E-state index is 0.654. The fourth-order valence-electron chi connectivity index (χ4n) is 3.87. The maximum absolute atomic E-state index is 4.82. The molecule has 2 saturated carbocycles.